The molecule has 0 saturated carbocycles. The number of imidazole rings is 1. The highest BCUT2D eigenvalue weighted by atomic mass is 19.1. The molecule has 1 atom stereocenters. The fourth-order valence-corrected chi connectivity index (χ4v) is 5.06. The molecule has 5 rings (SSSR count). The molecule has 8 nitrogen and oxygen atoms in total. The second-order valence-electron chi connectivity index (χ2n) is 11.0. The first-order valence-corrected chi connectivity index (χ1v) is 13.2. The molecule has 0 unspecified atom stereocenters. The minimum Gasteiger partial charge on any atom is -0.457 e. The molecule has 2 N–H and O–H groups in total. The molecule has 0 spiro atoms. The summed E-state index contributed by atoms with van der Waals surface area (Å²) in [5, 5.41) is 9.66. The summed E-state index contributed by atoms with van der Waals surface area (Å²) in [5.41, 5.74) is 7.26. The number of ether oxygens (including phenoxy) is 1. The van der Waals surface area contributed by atoms with Gasteiger partial charge in [-0.25, -0.2) is 14.4 Å². The van der Waals surface area contributed by atoms with Crippen molar-refractivity contribution in [3.63, 3.8) is 0 Å². The number of nitriles is 1. The number of para-hydroxylation sites is 1. The number of carbonyl (C=O) groups excluding carboxylic acids is 1. The standard InChI is InChI=1S/C31H31FN6O2/c1-31(2,3)17-21(18-33)30(39)37-14-7-8-20(19-37)29-36-26(27-28(34)35-13-15-38(27)29)24-12-11-23(16-25(24)32)40-22-9-5-4-6-10-22/h4-6,9-13,15-17,20H,7-8,14,19H2,1-3H3,(H2,34,35)/b21-17+/t20-/m1/s1. The Balaban J connectivity index is 1.49. The van der Waals surface area contributed by atoms with E-state index in [0.717, 1.165) is 12.8 Å². The maximum atomic E-state index is 15.5. The number of nitrogen functional groups attached to an aromatic ring is 1. The monoisotopic (exact) mass is 538 g/mol. The Labute approximate surface area is 232 Å². The van der Waals surface area contributed by atoms with Crippen molar-refractivity contribution in [1.29, 1.82) is 5.26 Å². The van der Waals surface area contributed by atoms with E-state index in [1.807, 2.05) is 43.4 Å². The van der Waals surface area contributed by atoms with Gasteiger partial charge in [-0.05, 0) is 42.5 Å². The number of hydrogen-bond donors (Lipinski definition) is 1. The molecule has 9 heteroatoms. The Morgan fingerprint density at radius 1 is 1.20 bits per heavy atom. The number of nitrogens with two attached hydrogens (primary N) is 1. The number of aromatic nitrogens is 3. The first kappa shape index (κ1) is 26.9. The number of halogens is 1. The molecule has 1 aliphatic heterocycles. The lowest BCUT2D eigenvalue weighted by Gasteiger charge is -2.32. The van der Waals surface area contributed by atoms with Crippen molar-refractivity contribution in [3.8, 4) is 28.8 Å². The molecule has 2 aromatic heterocycles. The Kier molecular flexibility index (Phi) is 7.26. The van der Waals surface area contributed by atoms with Gasteiger partial charge in [0.25, 0.3) is 5.91 Å². The Hall–Kier alpha value is -4.71. The average Bonchev–Trinajstić information content (AvgIpc) is 3.32. The van der Waals surface area contributed by atoms with Crippen LogP contribution in [-0.4, -0.2) is 38.3 Å². The molecule has 0 aliphatic carbocycles. The van der Waals surface area contributed by atoms with E-state index in [1.165, 1.54) is 6.07 Å². The van der Waals surface area contributed by atoms with Crippen LogP contribution in [0.25, 0.3) is 16.8 Å². The number of benzene rings is 2. The predicted octanol–water partition coefficient (Wildman–Crippen LogP) is 6.11. The third-order valence-electron chi connectivity index (χ3n) is 6.79. The zero-order chi connectivity index (χ0) is 28.4. The van der Waals surface area contributed by atoms with Gasteiger partial charge in [-0.3, -0.25) is 9.20 Å². The number of nitrogens with zero attached hydrogens (tertiary/aromatic N) is 5. The van der Waals surface area contributed by atoms with E-state index in [0.29, 0.717) is 41.6 Å². The molecular weight excluding hydrogens is 507 g/mol. The number of amides is 1. The van der Waals surface area contributed by atoms with Gasteiger partial charge in [0.15, 0.2) is 0 Å². The van der Waals surface area contributed by atoms with Crippen molar-refractivity contribution < 1.29 is 13.9 Å². The van der Waals surface area contributed by atoms with Crippen molar-refractivity contribution in [1.82, 2.24) is 19.3 Å². The summed E-state index contributed by atoms with van der Waals surface area (Å²) in [7, 11) is 0. The van der Waals surface area contributed by atoms with E-state index in [1.54, 1.807) is 47.6 Å². The number of anilines is 1. The van der Waals surface area contributed by atoms with Crippen LogP contribution in [0.2, 0.25) is 0 Å². The van der Waals surface area contributed by atoms with Crippen molar-refractivity contribution in [2.75, 3.05) is 18.8 Å². The van der Waals surface area contributed by atoms with Gasteiger partial charge in [0.05, 0.1) is 0 Å². The van der Waals surface area contributed by atoms with Crippen molar-refractivity contribution in [3.05, 3.63) is 84.2 Å². The number of rotatable bonds is 5. The molecule has 0 bridgehead atoms. The predicted molar refractivity (Wildman–Crippen MR) is 151 cm³/mol. The van der Waals surface area contributed by atoms with Crippen molar-refractivity contribution in [2.45, 2.75) is 39.5 Å². The van der Waals surface area contributed by atoms with Crippen LogP contribution in [0.4, 0.5) is 10.2 Å². The third-order valence-corrected chi connectivity index (χ3v) is 6.79. The second-order valence-corrected chi connectivity index (χ2v) is 11.0. The summed E-state index contributed by atoms with van der Waals surface area (Å²) < 4.78 is 23.1. The van der Waals surface area contributed by atoms with E-state index in [9.17, 15) is 10.1 Å². The summed E-state index contributed by atoms with van der Waals surface area (Å²) >= 11 is 0. The lowest BCUT2D eigenvalue weighted by molar-refractivity contribution is -0.128. The van der Waals surface area contributed by atoms with Gasteiger partial charge in [-0.1, -0.05) is 45.0 Å². The maximum absolute atomic E-state index is 15.5. The van der Waals surface area contributed by atoms with E-state index in [-0.39, 0.29) is 34.2 Å². The van der Waals surface area contributed by atoms with Gasteiger partial charge in [0, 0.05) is 43.0 Å². The smallest absolute Gasteiger partial charge is 0.264 e. The summed E-state index contributed by atoms with van der Waals surface area (Å²) in [6.07, 6.45) is 6.57. The molecule has 0 radical (unpaired) electrons. The highest BCUT2D eigenvalue weighted by molar-refractivity contribution is 5.97. The van der Waals surface area contributed by atoms with Crippen molar-refractivity contribution >= 4 is 17.2 Å². The molecular formula is C31H31FN6O2. The van der Waals surface area contributed by atoms with Gasteiger partial charge < -0.3 is 15.4 Å². The van der Waals surface area contributed by atoms with Crippen LogP contribution >= 0.6 is 0 Å². The molecule has 1 fully saturated rings. The normalized spacial score (nSPS) is 16.1. The van der Waals surface area contributed by atoms with Crippen LogP contribution in [0.5, 0.6) is 11.5 Å². The fraction of sp³-hybridized carbons (Fsp3) is 0.290. The van der Waals surface area contributed by atoms with Crippen LogP contribution in [0, 0.1) is 22.6 Å². The van der Waals surface area contributed by atoms with Gasteiger partial charge in [0.1, 0.15) is 51.8 Å². The summed E-state index contributed by atoms with van der Waals surface area (Å²) in [6.45, 7) is 6.79. The van der Waals surface area contributed by atoms with Gasteiger partial charge >= 0.3 is 0 Å². The van der Waals surface area contributed by atoms with Crippen molar-refractivity contribution in [2.24, 2.45) is 5.41 Å². The first-order chi connectivity index (χ1) is 19.1. The topological polar surface area (TPSA) is 110 Å². The molecule has 4 aromatic rings. The average molecular weight is 539 g/mol. The largest absolute Gasteiger partial charge is 0.457 e. The first-order valence-electron chi connectivity index (χ1n) is 13.2. The summed E-state index contributed by atoms with van der Waals surface area (Å²) in [5.74, 6) is 0.924. The van der Waals surface area contributed by atoms with Crippen LogP contribution in [0.15, 0.2) is 72.6 Å². The Bertz CT molecular complexity index is 1630. The summed E-state index contributed by atoms with van der Waals surface area (Å²) in [4.78, 5) is 24.1. The highest BCUT2D eigenvalue weighted by Crippen LogP contribution is 2.36. The zero-order valence-electron chi connectivity index (χ0n) is 22.8. The van der Waals surface area contributed by atoms with Gasteiger partial charge in [-0.2, -0.15) is 5.26 Å². The minimum absolute atomic E-state index is 0.134. The molecule has 1 aliphatic rings. The molecule has 2 aromatic carbocycles. The molecule has 1 amide bonds. The Morgan fingerprint density at radius 2 is 1.98 bits per heavy atom. The quantitative estimate of drug-likeness (QED) is 0.242. The molecule has 204 valence electrons. The van der Waals surface area contributed by atoms with E-state index >= 15 is 4.39 Å². The number of hydrogen-bond acceptors (Lipinski definition) is 6. The molecule has 1 saturated heterocycles. The summed E-state index contributed by atoms with van der Waals surface area (Å²) in [6, 6.07) is 15.9. The number of piperidine rings is 1. The second kappa shape index (κ2) is 10.8. The third kappa shape index (κ3) is 5.52. The number of likely N-dealkylation sites (tertiary alicyclic amines) is 1. The fourth-order valence-electron chi connectivity index (χ4n) is 5.06. The van der Waals surface area contributed by atoms with Gasteiger partial charge in [0.2, 0.25) is 0 Å². The van der Waals surface area contributed by atoms with Crippen LogP contribution in [-0.2, 0) is 4.79 Å². The molecule has 40 heavy (non-hydrogen) atoms. The van der Waals surface area contributed by atoms with Crippen LogP contribution in [0.1, 0.15) is 45.4 Å². The Morgan fingerprint density at radius 3 is 2.67 bits per heavy atom. The van der Waals surface area contributed by atoms with Crippen LogP contribution < -0.4 is 10.5 Å². The SMILES string of the molecule is CC(C)(C)/C=C(\C#N)C(=O)N1CCC[C@@H](c2nc(-c3ccc(Oc4ccccc4)cc3F)c3c(N)nccn23)C1. The maximum Gasteiger partial charge on any atom is 0.264 e. The van der Waals surface area contributed by atoms with Gasteiger partial charge in [-0.15, -0.1) is 0 Å². The van der Waals surface area contributed by atoms with Crippen LogP contribution in [0.3, 0.4) is 0 Å². The van der Waals surface area contributed by atoms with E-state index in [4.69, 9.17) is 15.5 Å². The lowest BCUT2D eigenvalue weighted by atomic mass is 9.92. The van der Waals surface area contributed by atoms with E-state index in [2.05, 4.69) is 11.1 Å². The molecule has 3 heterocycles. The lowest BCUT2D eigenvalue weighted by Crippen LogP contribution is -2.40. The minimum atomic E-state index is -0.505. The highest BCUT2D eigenvalue weighted by Gasteiger charge is 2.31. The number of fused-ring (bicyclic) bond motifs is 1. The number of carbonyl (C=O) groups is 1. The van der Waals surface area contributed by atoms with E-state index < -0.39 is 5.82 Å². The number of allylic oxidation sites excluding steroid dienone is 1. The zero-order valence-corrected chi connectivity index (χ0v) is 22.8.